The van der Waals surface area contributed by atoms with Crippen LogP contribution in [0, 0.1) is 62.1 Å². The van der Waals surface area contributed by atoms with Crippen molar-refractivity contribution in [3.8, 4) is 0 Å². The van der Waals surface area contributed by atoms with Crippen LogP contribution in [0.15, 0.2) is 12.2 Å². The summed E-state index contributed by atoms with van der Waals surface area (Å²) in [7, 11) is 4.29. The Hall–Kier alpha value is -1.89. The summed E-state index contributed by atoms with van der Waals surface area (Å²) >= 11 is 0. The number of fused-ring (bicyclic) bond motifs is 7. The molecule has 0 aromatic rings. The Morgan fingerprint density at radius 1 is 0.863 bits per heavy atom. The third-order valence-electron chi connectivity index (χ3n) is 17.5. The second kappa shape index (κ2) is 13.1. The van der Waals surface area contributed by atoms with Crippen LogP contribution < -0.4 is 0 Å². The first-order valence-electron chi connectivity index (χ1n) is 20.6. The van der Waals surface area contributed by atoms with E-state index in [1.807, 2.05) is 13.8 Å². The minimum atomic E-state index is -0.879. The van der Waals surface area contributed by atoms with Gasteiger partial charge in [0.25, 0.3) is 0 Å². The van der Waals surface area contributed by atoms with Crippen LogP contribution in [-0.4, -0.2) is 72.1 Å². The van der Waals surface area contributed by atoms with Crippen LogP contribution in [0.2, 0.25) is 0 Å². The number of carboxylic acids is 1. The molecule has 5 aliphatic carbocycles. The number of ether oxygens (including phenoxy) is 1. The van der Waals surface area contributed by atoms with Gasteiger partial charge in [-0.2, -0.15) is 0 Å². The van der Waals surface area contributed by atoms with Gasteiger partial charge in [0, 0.05) is 31.0 Å². The number of carboxylic acid groups (broad SMARTS) is 1. The molecule has 0 spiro atoms. The van der Waals surface area contributed by atoms with Gasteiger partial charge in [0.2, 0.25) is 5.91 Å². The average molecular weight is 709 g/mol. The number of likely N-dealkylation sites (N-methyl/N-ethyl adjacent to an activating group) is 1. The highest BCUT2D eigenvalue weighted by molar-refractivity contribution is 5.77. The van der Waals surface area contributed by atoms with E-state index in [1.165, 1.54) is 44.1 Å². The van der Waals surface area contributed by atoms with E-state index in [9.17, 15) is 19.5 Å². The van der Waals surface area contributed by atoms with E-state index in [1.54, 1.807) is 0 Å². The number of esters is 1. The van der Waals surface area contributed by atoms with Crippen LogP contribution in [0.1, 0.15) is 145 Å². The highest BCUT2D eigenvalue weighted by atomic mass is 16.5. The Bertz CT molecular complexity index is 1400. The monoisotopic (exact) mass is 709 g/mol. The predicted octanol–water partition coefficient (Wildman–Crippen LogP) is 9.00. The quantitative estimate of drug-likeness (QED) is 0.190. The molecule has 1 N–H and O–H groups in total. The smallest absolute Gasteiger partial charge is 0.306 e. The first kappa shape index (κ1) is 38.8. The highest BCUT2D eigenvalue weighted by Crippen LogP contribution is 2.78. The zero-order valence-corrected chi connectivity index (χ0v) is 34.0. The Kier molecular flexibility index (Phi) is 10.0. The number of rotatable bonds is 9. The summed E-state index contributed by atoms with van der Waals surface area (Å²) in [6, 6.07) is 0.471. The van der Waals surface area contributed by atoms with E-state index >= 15 is 0 Å². The summed E-state index contributed by atoms with van der Waals surface area (Å²) in [5, 5.41) is 9.35. The summed E-state index contributed by atoms with van der Waals surface area (Å²) in [5.74, 6) is 1.98. The standard InChI is InChI=1S/C44H72N2O5/c1-28(2)30-14-20-44(24-35(47)46-23-17-29(27-46)45(10)11)22-21-42(8)31(38(30)44)12-13-33-41(7)18-16-34(40(5,6)32(41)15-19-43(33,42)9)51-37(50)26-39(3,4)25-36(48)49/h29-34,38H,1,12-27H2,2-11H3,(H,48,49)/t29-,30+,31-,32+,33-,34+,38-,41+,42-,43-,44-/m1/s1. The summed E-state index contributed by atoms with van der Waals surface area (Å²) in [6.45, 7) is 24.9. The molecule has 0 unspecified atom stereocenters. The fourth-order valence-corrected chi connectivity index (χ4v) is 14.6. The third-order valence-corrected chi connectivity index (χ3v) is 17.5. The van der Waals surface area contributed by atoms with Crippen molar-refractivity contribution >= 4 is 17.8 Å². The lowest BCUT2D eigenvalue weighted by Crippen LogP contribution is -2.67. The maximum Gasteiger partial charge on any atom is 0.306 e. The molecule has 0 bridgehead atoms. The molecule has 11 atom stereocenters. The molecule has 0 radical (unpaired) electrons. The second-order valence-electron chi connectivity index (χ2n) is 21.2. The third kappa shape index (κ3) is 6.33. The number of nitrogens with zero attached hydrogens (tertiary/aromatic N) is 2. The van der Waals surface area contributed by atoms with Gasteiger partial charge in [-0.05, 0) is 148 Å². The Labute approximate surface area is 310 Å². The molecule has 6 aliphatic rings. The molecule has 288 valence electrons. The number of hydrogen-bond donors (Lipinski definition) is 1. The topological polar surface area (TPSA) is 87.2 Å². The van der Waals surface area contributed by atoms with Crippen molar-refractivity contribution in [3.63, 3.8) is 0 Å². The number of hydrogen-bond acceptors (Lipinski definition) is 5. The van der Waals surface area contributed by atoms with Crippen LogP contribution in [0.25, 0.3) is 0 Å². The summed E-state index contributed by atoms with van der Waals surface area (Å²) in [6.07, 6.45) is 13.2. The van der Waals surface area contributed by atoms with Crippen LogP contribution in [-0.2, 0) is 19.1 Å². The highest BCUT2D eigenvalue weighted by Gasteiger charge is 2.71. The maximum absolute atomic E-state index is 14.1. The zero-order valence-electron chi connectivity index (χ0n) is 34.0. The van der Waals surface area contributed by atoms with Crippen molar-refractivity contribution in [3.05, 3.63) is 12.2 Å². The zero-order chi connectivity index (χ0) is 37.5. The van der Waals surface area contributed by atoms with Crippen LogP contribution in [0.4, 0.5) is 0 Å². The molecule has 51 heavy (non-hydrogen) atoms. The Morgan fingerprint density at radius 3 is 2.20 bits per heavy atom. The summed E-state index contributed by atoms with van der Waals surface area (Å²) in [4.78, 5) is 43.2. The van der Waals surface area contributed by atoms with E-state index < -0.39 is 11.4 Å². The van der Waals surface area contributed by atoms with E-state index in [-0.39, 0.29) is 52.0 Å². The largest absolute Gasteiger partial charge is 0.481 e. The SMILES string of the molecule is C=C(C)[C@@H]1CC[C@]2(CC(=O)N3CC[C@@H](N(C)C)C3)CC[C@]3(C)[C@H](CC[C@@H]4[C@@]5(C)CC[C@H](OC(=O)CC(C)(C)CC(=O)O)C(C)(C)[C@@H]5CC[C@]43C)[C@@H]12. The van der Waals surface area contributed by atoms with Gasteiger partial charge in [-0.3, -0.25) is 14.4 Å². The van der Waals surface area contributed by atoms with Crippen molar-refractivity contribution in [2.75, 3.05) is 27.2 Å². The molecule has 6 fully saturated rings. The number of carbonyl (C=O) groups excluding carboxylic acids is 2. The minimum absolute atomic E-state index is 0.0437. The van der Waals surface area contributed by atoms with Crippen molar-refractivity contribution in [2.45, 2.75) is 157 Å². The van der Waals surface area contributed by atoms with Gasteiger partial charge in [-0.1, -0.05) is 60.6 Å². The van der Waals surface area contributed by atoms with Crippen LogP contribution >= 0.6 is 0 Å². The van der Waals surface area contributed by atoms with Gasteiger partial charge < -0.3 is 19.6 Å². The number of carbonyl (C=O) groups is 3. The number of allylic oxidation sites excluding steroid dienone is 1. The maximum atomic E-state index is 14.1. The molecule has 0 aromatic heterocycles. The molecule has 6 rings (SSSR count). The molecule has 1 saturated heterocycles. The van der Waals surface area contributed by atoms with Crippen LogP contribution in [0.5, 0.6) is 0 Å². The van der Waals surface area contributed by atoms with Crippen molar-refractivity contribution in [1.82, 2.24) is 9.80 Å². The molecular formula is C44H72N2O5. The molecule has 0 aromatic carbocycles. The Balaban J connectivity index is 1.22. The number of aliphatic carboxylic acids is 1. The first-order valence-corrected chi connectivity index (χ1v) is 20.6. The molecule has 1 heterocycles. The number of amides is 1. The Morgan fingerprint density at radius 2 is 1.57 bits per heavy atom. The molecule has 1 amide bonds. The normalized spacial score (nSPS) is 43.1. The lowest BCUT2D eigenvalue weighted by atomic mass is 9.32. The lowest BCUT2D eigenvalue weighted by molar-refractivity contribution is -0.250. The van der Waals surface area contributed by atoms with E-state index in [2.05, 4.69) is 72.0 Å². The van der Waals surface area contributed by atoms with Gasteiger partial charge in [-0.15, -0.1) is 0 Å². The lowest BCUT2D eigenvalue weighted by Gasteiger charge is -2.73. The molecule has 7 heteroatoms. The second-order valence-corrected chi connectivity index (χ2v) is 21.2. The molecular weight excluding hydrogens is 636 g/mol. The number of likely N-dealkylation sites (tertiary alicyclic amines) is 1. The predicted molar refractivity (Wildman–Crippen MR) is 203 cm³/mol. The van der Waals surface area contributed by atoms with Crippen molar-refractivity contribution in [1.29, 1.82) is 0 Å². The van der Waals surface area contributed by atoms with Crippen molar-refractivity contribution in [2.24, 2.45) is 62.1 Å². The molecule has 1 aliphatic heterocycles. The van der Waals surface area contributed by atoms with E-state index in [0.29, 0.717) is 41.5 Å². The summed E-state index contributed by atoms with van der Waals surface area (Å²) < 4.78 is 6.29. The molecule has 5 saturated carbocycles. The fraction of sp³-hybridized carbons (Fsp3) is 0.886. The van der Waals surface area contributed by atoms with Gasteiger partial charge in [0.15, 0.2) is 0 Å². The van der Waals surface area contributed by atoms with Gasteiger partial charge in [0.05, 0.1) is 12.8 Å². The van der Waals surface area contributed by atoms with Gasteiger partial charge >= 0.3 is 11.9 Å². The van der Waals surface area contributed by atoms with Crippen LogP contribution in [0.3, 0.4) is 0 Å². The average Bonchev–Trinajstić information content (AvgIpc) is 3.65. The molecule has 7 nitrogen and oxygen atoms in total. The minimum Gasteiger partial charge on any atom is -0.481 e. The van der Waals surface area contributed by atoms with Gasteiger partial charge in [-0.25, -0.2) is 0 Å². The fourth-order valence-electron chi connectivity index (χ4n) is 14.6. The first-order chi connectivity index (χ1) is 23.6. The summed E-state index contributed by atoms with van der Waals surface area (Å²) in [5.41, 5.74) is 1.24. The van der Waals surface area contributed by atoms with Crippen molar-refractivity contribution < 1.29 is 24.2 Å². The van der Waals surface area contributed by atoms with E-state index in [0.717, 1.165) is 51.6 Å². The van der Waals surface area contributed by atoms with E-state index in [4.69, 9.17) is 4.74 Å². The van der Waals surface area contributed by atoms with Gasteiger partial charge in [0.1, 0.15) is 6.10 Å².